The Bertz CT molecular complexity index is 1110. The van der Waals surface area contributed by atoms with Gasteiger partial charge in [-0.25, -0.2) is 9.37 Å². The number of hydrogen-bond donors (Lipinski definition) is 0. The Kier molecular flexibility index (Phi) is 5.11. The SMILES string of the molecule is O=C(COc1ccccc1)N(/N=C\c1ccco1)c1nc2ccc(F)cc2s1. The third-order valence-corrected chi connectivity index (χ3v) is 4.70. The molecule has 4 rings (SSSR count). The van der Waals surface area contributed by atoms with Crippen molar-refractivity contribution in [2.24, 2.45) is 5.10 Å². The highest BCUT2D eigenvalue weighted by atomic mass is 32.1. The first-order valence-corrected chi connectivity index (χ1v) is 9.15. The average Bonchev–Trinajstić information content (AvgIpc) is 3.37. The van der Waals surface area contributed by atoms with Gasteiger partial charge in [-0.3, -0.25) is 4.79 Å². The molecule has 28 heavy (non-hydrogen) atoms. The predicted molar refractivity (Wildman–Crippen MR) is 105 cm³/mol. The maximum absolute atomic E-state index is 13.5. The highest BCUT2D eigenvalue weighted by Gasteiger charge is 2.20. The van der Waals surface area contributed by atoms with E-state index in [0.29, 0.717) is 26.9 Å². The molecule has 6 nitrogen and oxygen atoms in total. The maximum atomic E-state index is 13.5. The summed E-state index contributed by atoms with van der Waals surface area (Å²) in [5.41, 5.74) is 0.580. The minimum absolute atomic E-state index is 0.232. The van der Waals surface area contributed by atoms with Crippen molar-refractivity contribution in [3.8, 4) is 5.75 Å². The molecule has 4 aromatic rings. The van der Waals surface area contributed by atoms with Gasteiger partial charge in [-0.05, 0) is 42.5 Å². The molecule has 0 saturated carbocycles. The zero-order valence-electron chi connectivity index (χ0n) is 14.5. The van der Waals surface area contributed by atoms with E-state index < -0.39 is 5.91 Å². The van der Waals surface area contributed by atoms with Gasteiger partial charge in [0.05, 0.1) is 22.7 Å². The summed E-state index contributed by atoms with van der Waals surface area (Å²) in [5, 5.41) is 5.65. The van der Waals surface area contributed by atoms with Gasteiger partial charge in [0.25, 0.3) is 5.91 Å². The Labute approximate surface area is 163 Å². The first-order valence-electron chi connectivity index (χ1n) is 8.33. The van der Waals surface area contributed by atoms with Crippen molar-refractivity contribution in [2.45, 2.75) is 0 Å². The Morgan fingerprint density at radius 3 is 2.86 bits per heavy atom. The lowest BCUT2D eigenvalue weighted by Crippen LogP contribution is -2.30. The number of hydrogen-bond acceptors (Lipinski definition) is 6. The molecule has 0 spiro atoms. The summed E-state index contributed by atoms with van der Waals surface area (Å²) in [5.74, 6) is 0.254. The van der Waals surface area contributed by atoms with Crippen LogP contribution in [0.2, 0.25) is 0 Å². The molecule has 0 atom stereocenters. The molecule has 0 bridgehead atoms. The summed E-state index contributed by atoms with van der Waals surface area (Å²) >= 11 is 1.16. The number of ether oxygens (including phenoxy) is 1. The van der Waals surface area contributed by atoms with Gasteiger partial charge in [-0.15, -0.1) is 0 Å². The molecule has 0 unspecified atom stereocenters. The molecule has 0 N–H and O–H groups in total. The van der Waals surface area contributed by atoms with Crippen LogP contribution in [-0.4, -0.2) is 23.7 Å². The molecule has 0 aliphatic carbocycles. The Hall–Kier alpha value is -3.52. The third kappa shape index (κ3) is 4.07. The number of amides is 1. The molecule has 1 amide bonds. The van der Waals surface area contributed by atoms with Gasteiger partial charge in [0.1, 0.15) is 17.3 Å². The van der Waals surface area contributed by atoms with Gasteiger partial charge in [-0.1, -0.05) is 29.5 Å². The van der Waals surface area contributed by atoms with Crippen LogP contribution in [0.5, 0.6) is 5.75 Å². The number of benzene rings is 2. The van der Waals surface area contributed by atoms with Gasteiger partial charge >= 0.3 is 0 Å². The largest absolute Gasteiger partial charge is 0.484 e. The van der Waals surface area contributed by atoms with Crippen molar-refractivity contribution in [1.29, 1.82) is 0 Å². The van der Waals surface area contributed by atoms with Crippen LogP contribution in [0.15, 0.2) is 76.4 Å². The quantitative estimate of drug-likeness (QED) is 0.357. The van der Waals surface area contributed by atoms with Crippen LogP contribution >= 0.6 is 11.3 Å². The van der Waals surface area contributed by atoms with E-state index in [1.807, 2.05) is 18.2 Å². The van der Waals surface area contributed by atoms with Crippen molar-refractivity contribution in [3.63, 3.8) is 0 Å². The lowest BCUT2D eigenvalue weighted by molar-refractivity contribution is -0.120. The fourth-order valence-electron chi connectivity index (χ4n) is 2.40. The number of anilines is 1. The second-order valence-electron chi connectivity index (χ2n) is 5.68. The van der Waals surface area contributed by atoms with Crippen LogP contribution in [-0.2, 0) is 4.79 Å². The van der Waals surface area contributed by atoms with Crippen LogP contribution in [0.4, 0.5) is 9.52 Å². The smallest absolute Gasteiger partial charge is 0.287 e. The molecular weight excluding hydrogens is 381 g/mol. The average molecular weight is 395 g/mol. The normalized spacial score (nSPS) is 11.2. The van der Waals surface area contributed by atoms with Gasteiger partial charge < -0.3 is 9.15 Å². The number of thiazole rings is 1. The molecule has 2 aromatic heterocycles. The third-order valence-electron chi connectivity index (χ3n) is 3.71. The Morgan fingerprint density at radius 2 is 2.07 bits per heavy atom. The molecule has 0 aliphatic heterocycles. The van der Waals surface area contributed by atoms with Crippen LogP contribution in [0.1, 0.15) is 5.76 Å². The predicted octanol–water partition coefficient (Wildman–Crippen LogP) is 4.47. The van der Waals surface area contributed by atoms with Crippen LogP contribution in [0.3, 0.4) is 0 Å². The molecular formula is C20H14FN3O3S. The van der Waals surface area contributed by atoms with Gasteiger partial charge in [0, 0.05) is 0 Å². The first-order chi connectivity index (χ1) is 13.7. The first kappa shape index (κ1) is 17.9. The van der Waals surface area contributed by atoms with E-state index in [2.05, 4.69) is 10.1 Å². The minimum atomic E-state index is -0.425. The lowest BCUT2D eigenvalue weighted by atomic mass is 10.3. The van der Waals surface area contributed by atoms with E-state index in [-0.39, 0.29) is 12.4 Å². The topological polar surface area (TPSA) is 67.9 Å². The molecule has 140 valence electrons. The number of para-hydroxylation sites is 1. The second kappa shape index (κ2) is 8.01. The lowest BCUT2D eigenvalue weighted by Gasteiger charge is -2.14. The number of furan rings is 1. The summed E-state index contributed by atoms with van der Waals surface area (Å²) in [7, 11) is 0. The number of carbonyl (C=O) groups excluding carboxylic acids is 1. The standard InChI is InChI=1S/C20H14FN3O3S/c21-14-8-9-17-18(11-14)28-20(23-17)24(22-12-16-7-4-10-26-16)19(25)13-27-15-5-2-1-3-6-15/h1-12H,13H2/b22-12-. The van der Waals surface area contributed by atoms with Crippen molar-refractivity contribution < 1.29 is 18.3 Å². The van der Waals surface area contributed by atoms with E-state index in [4.69, 9.17) is 9.15 Å². The van der Waals surface area contributed by atoms with Crippen molar-refractivity contribution in [2.75, 3.05) is 11.6 Å². The zero-order valence-corrected chi connectivity index (χ0v) is 15.3. The summed E-state index contributed by atoms with van der Waals surface area (Å²) in [6.45, 7) is -0.232. The van der Waals surface area contributed by atoms with Crippen molar-refractivity contribution >= 4 is 38.8 Å². The molecule has 2 aromatic carbocycles. The van der Waals surface area contributed by atoms with E-state index in [0.717, 1.165) is 16.3 Å². The molecule has 0 aliphatic rings. The van der Waals surface area contributed by atoms with E-state index in [1.54, 1.807) is 30.3 Å². The number of fused-ring (bicyclic) bond motifs is 1. The van der Waals surface area contributed by atoms with Crippen LogP contribution < -0.4 is 9.75 Å². The highest BCUT2D eigenvalue weighted by molar-refractivity contribution is 7.22. The van der Waals surface area contributed by atoms with Crippen LogP contribution in [0.25, 0.3) is 10.2 Å². The number of hydrazone groups is 1. The Balaban J connectivity index is 1.61. The molecule has 0 saturated heterocycles. The summed E-state index contributed by atoms with van der Waals surface area (Å²) in [6, 6.07) is 16.7. The van der Waals surface area contributed by atoms with Crippen LogP contribution in [0, 0.1) is 5.82 Å². The fraction of sp³-hybridized carbons (Fsp3) is 0.0500. The van der Waals surface area contributed by atoms with E-state index in [1.165, 1.54) is 24.6 Å². The monoisotopic (exact) mass is 395 g/mol. The molecule has 0 radical (unpaired) electrons. The summed E-state index contributed by atoms with van der Waals surface area (Å²) < 4.78 is 24.8. The Morgan fingerprint density at radius 1 is 1.21 bits per heavy atom. The number of rotatable bonds is 6. The highest BCUT2D eigenvalue weighted by Crippen LogP contribution is 2.29. The zero-order chi connectivity index (χ0) is 19.3. The van der Waals surface area contributed by atoms with Crippen molar-refractivity contribution in [3.05, 3.63) is 78.5 Å². The van der Waals surface area contributed by atoms with E-state index >= 15 is 0 Å². The summed E-state index contributed by atoms with van der Waals surface area (Å²) in [4.78, 5) is 17.2. The molecule has 8 heteroatoms. The number of halogens is 1. The molecule has 2 heterocycles. The maximum Gasteiger partial charge on any atom is 0.287 e. The fourth-order valence-corrected chi connectivity index (χ4v) is 3.37. The van der Waals surface area contributed by atoms with Crippen molar-refractivity contribution in [1.82, 2.24) is 4.98 Å². The summed E-state index contributed by atoms with van der Waals surface area (Å²) in [6.07, 6.45) is 2.92. The van der Waals surface area contributed by atoms with Gasteiger partial charge in [0.2, 0.25) is 5.13 Å². The second-order valence-corrected chi connectivity index (χ2v) is 6.68. The van der Waals surface area contributed by atoms with Gasteiger partial charge in [0.15, 0.2) is 6.61 Å². The number of carbonyl (C=O) groups is 1. The minimum Gasteiger partial charge on any atom is -0.484 e. The van der Waals surface area contributed by atoms with E-state index in [9.17, 15) is 9.18 Å². The number of nitrogens with zero attached hydrogens (tertiary/aromatic N) is 3. The molecule has 0 fully saturated rings. The van der Waals surface area contributed by atoms with Gasteiger partial charge in [-0.2, -0.15) is 10.1 Å². The number of aromatic nitrogens is 1.